The van der Waals surface area contributed by atoms with E-state index >= 15 is 0 Å². The van der Waals surface area contributed by atoms with Crippen LogP contribution in [0, 0.1) is 10.1 Å². The largest absolute Gasteiger partial charge is 0.490 e. The second-order valence-electron chi connectivity index (χ2n) is 6.45. The van der Waals surface area contributed by atoms with Gasteiger partial charge in [-0.1, -0.05) is 37.3 Å². The van der Waals surface area contributed by atoms with E-state index in [1.807, 2.05) is 37.3 Å². The number of nitrogens with zero attached hydrogens (tertiary/aromatic N) is 1. The summed E-state index contributed by atoms with van der Waals surface area (Å²) in [6.45, 7) is 3.90. The van der Waals surface area contributed by atoms with Crippen LogP contribution in [0.15, 0.2) is 48.5 Å². The van der Waals surface area contributed by atoms with E-state index in [0.29, 0.717) is 6.54 Å². The van der Waals surface area contributed by atoms with Crippen LogP contribution >= 0.6 is 0 Å². The van der Waals surface area contributed by atoms with Gasteiger partial charge in [-0.25, -0.2) is 4.79 Å². The summed E-state index contributed by atoms with van der Waals surface area (Å²) in [5.41, 5.74) is 0.728. The van der Waals surface area contributed by atoms with Gasteiger partial charge in [0, 0.05) is 18.5 Å². The van der Waals surface area contributed by atoms with E-state index in [9.17, 15) is 19.7 Å². The van der Waals surface area contributed by atoms with E-state index in [2.05, 4.69) is 5.32 Å². The Morgan fingerprint density at radius 1 is 1.17 bits per heavy atom. The average Bonchev–Trinajstić information content (AvgIpc) is 2.74. The molecular formula is C21H24N2O6. The quantitative estimate of drug-likeness (QED) is 0.392. The summed E-state index contributed by atoms with van der Waals surface area (Å²) in [5, 5.41) is 13.9. The summed E-state index contributed by atoms with van der Waals surface area (Å²) in [5.74, 6) is -1.08. The van der Waals surface area contributed by atoms with Crippen LogP contribution in [0.5, 0.6) is 5.75 Å². The third-order valence-corrected chi connectivity index (χ3v) is 4.55. The highest BCUT2D eigenvalue weighted by Gasteiger charge is 2.23. The zero-order chi connectivity index (χ0) is 21.4. The minimum atomic E-state index is -1.04. The van der Waals surface area contributed by atoms with Crippen molar-refractivity contribution in [2.45, 2.75) is 32.3 Å². The molecule has 0 radical (unpaired) electrons. The van der Waals surface area contributed by atoms with Gasteiger partial charge in [-0.2, -0.15) is 0 Å². The number of ether oxygens (including phenoxy) is 2. The van der Waals surface area contributed by atoms with Crippen molar-refractivity contribution in [1.29, 1.82) is 0 Å². The van der Waals surface area contributed by atoms with Crippen molar-refractivity contribution >= 4 is 17.6 Å². The molecule has 2 rings (SSSR count). The van der Waals surface area contributed by atoms with Crippen LogP contribution in [0.2, 0.25) is 0 Å². The molecule has 0 spiro atoms. The smallest absolute Gasteiger partial charge is 0.339 e. The predicted octanol–water partition coefficient (Wildman–Crippen LogP) is 3.46. The highest BCUT2D eigenvalue weighted by Crippen LogP contribution is 2.28. The Bertz CT molecular complexity index is 869. The number of nitrogens with one attached hydrogen (secondary N) is 1. The highest BCUT2D eigenvalue weighted by atomic mass is 16.6. The Morgan fingerprint density at radius 2 is 1.86 bits per heavy atom. The van der Waals surface area contributed by atoms with Crippen molar-refractivity contribution in [3.63, 3.8) is 0 Å². The maximum Gasteiger partial charge on any atom is 0.339 e. The van der Waals surface area contributed by atoms with Crippen molar-refractivity contribution in [2.75, 3.05) is 13.7 Å². The minimum Gasteiger partial charge on any atom is -0.490 e. The maximum atomic E-state index is 12.3. The van der Waals surface area contributed by atoms with Crippen LogP contribution in [0.3, 0.4) is 0 Å². The lowest BCUT2D eigenvalue weighted by Crippen LogP contribution is -2.38. The molecule has 0 saturated carbocycles. The number of nitro groups is 1. The number of esters is 1. The average molecular weight is 400 g/mol. The number of carbonyl (C=O) groups is 2. The number of amides is 1. The van der Waals surface area contributed by atoms with E-state index in [1.54, 1.807) is 0 Å². The number of hydrogen-bond donors (Lipinski definition) is 1. The lowest BCUT2D eigenvalue weighted by atomic mass is 9.96. The van der Waals surface area contributed by atoms with Crippen molar-refractivity contribution in [1.82, 2.24) is 5.32 Å². The predicted molar refractivity (Wildman–Crippen MR) is 107 cm³/mol. The fraction of sp³-hybridized carbons (Fsp3) is 0.333. The first-order chi connectivity index (χ1) is 13.9. The molecule has 0 bridgehead atoms. The van der Waals surface area contributed by atoms with Crippen molar-refractivity contribution in [3.05, 3.63) is 69.8 Å². The molecule has 154 valence electrons. The SMILES string of the molecule is CC[C@@H](CNC(=O)[C@H](C)OC(=O)c1ccc(OC)c([N+](=O)[O-])c1)c1ccccc1. The number of methoxy groups -OCH3 is 1. The summed E-state index contributed by atoms with van der Waals surface area (Å²) in [7, 11) is 1.30. The topological polar surface area (TPSA) is 108 Å². The standard InChI is InChI=1S/C21H24N2O6/c1-4-15(16-8-6-5-7-9-16)13-22-20(24)14(2)29-21(25)17-10-11-19(28-3)18(12-17)23(26)27/h5-12,14-15H,4,13H2,1-3H3,(H,22,24)/t14-,15-/m0/s1. The lowest BCUT2D eigenvalue weighted by molar-refractivity contribution is -0.385. The molecule has 2 atom stereocenters. The summed E-state index contributed by atoms with van der Waals surface area (Å²) in [6, 6.07) is 13.5. The highest BCUT2D eigenvalue weighted by molar-refractivity contribution is 5.93. The molecule has 0 heterocycles. The summed E-state index contributed by atoms with van der Waals surface area (Å²) in [6.07, 6.45) is -0.203. The van der Waals surface area contributed by atoms with Gasteiger partial charge >= 0.3 is 11.7 Å². The van der Waals surface area contributed by atoms with E-state index in [0.717, 1.165) is 18.1 Å². The molecule has 1 amide bonds. The van der Waals surface area contributed by atoms with Gasteiger partial charge in [0.05, 0.1) is 17.6 Å². The zero-order valence-electron chi connectivity index (χ0n) is 16.6. The minimum absolute atomic E-state index is 0.0314. The number of rotatable bonds is 9. The lowest BCUT2D eigenvalue weighted by Gasteiger charge is -2.18. The first-order valence-corrected chi connectivity index (χ1v) is 9.23. The third kappa shape index (κ3) is 5.78. The Kier molecular flexibility index (Phi) is 7.70. The molecule has 0 aliphatic heterocycles. The van der Waals surface area contributed by atoms with Crippen LogP contribution in [-0.2, 0) is 9.53 Å². The van der Waals surface area contributed by atoms with E-state index < -0.39 is 22.9 Å². The monoisotopic (exact) mass is 400 g/mol. The zero-order valence-corrected chi connectivity index (χ0v) is 16.6. The van der Waals surface area contributed by atoms with Gasteiger partial charge in [-0.15, -0.1) is 0 Å². The van der Waals surface area contributed by atoms with E-state index in [-0.39, 0.29) is 22.9 Å². The normalized spacial score (nSPS) is 12.5. The molecule has 29 heavy (non-hydrogen) atoms. The second-order valence-corrected chi connectivity index (χ2v) is 6.45. The van der Waals surface area contributed by atoms with Crippen molar-refractivity contribution in [3.8, 4) is 5.75 Å². The molecule has 0 fully saturated rings. The molecule has 8 nitrogen and oxygen atoms in total. The fourth-order valence-electron chi connectivity index (χ4n) is 2.83. The van der Waals surface area contributed by atoms with Crippen LogP contribution in [-0.4, -0.2) is 36.6 Å². The van der Waals surface area contributed by atoms with Gasteiger partial charge in [0.2, 0.25) is 0 Å². The van der Waals surface area contributed by atoms with Crippen molar-refractivity contribution < 1.29 is 24.0 Å². The van der Waals surface area contributed by atoms with Gasteiger partial charge in [0.15, 0.2) is 11.9 Å². The first-order valence-electron chi connectivity index (χ1n) is 9.23. The van der Waals surface area contributed by atoms with Gasteiger partial charge < -0.3 is 14.8 Å². The Labute approximate surface area is 169 Å². The molecule has 1 N–H and O–H groups in total. The van der Waals surface area contributed by atoms with Gasteiger partial charge in [-0.3, -0.25) is 14.9 Å². The number of hydrogen-bond acceptors (Lipinski definition) is 6. The second kappa shape index (κ2) is 10.2. The molecule has 0 aromatic heterocycles. The Morgan fingerprint density at radius 3 is 2.45 bits per heavy atom. The molecule has 0 unspecified atom stereocenters. The van der Waals surface area contributed by atoms with Crippen LogP contribution in [0.4, 0.5) is 5.69 Å². The first kappa shape index (κ1) is 21.9. The Balaban J connectivity index is 1.97. The van der Waals surface area contributed by atoms with Gasteiger partial charge in [0.1, 0.15) is 0 Å². The maximum absolute atomic E-state index is 12.3. The van der Waals surface area contributed by atoms with Gasteiger partial charge in [0.25, 0.3) is 5.91 Å². The van der Waals surface area contributed by atoms with Crippen LogP contribution in [0.25, 0.3) is 0 Å². The Hall–Kier alpha value is -3.42. The number of carbonyl (C=O) groups excluding carboxylic acids is 2. The molecule has 8 heteroatoms. The molecular weight excluding hydrogens is 376 g/mol. The molecule has 0 aliphatic carbocycles. The molecule has 0 aliphatic rings. The van der Waals surface area contributed by atoms with Crippen LogP contribution in [0.1, 0.15) is 42.1 Å². The molecule has 0 saturated heterocycles. The number of nitro benzene ring substituents is 1. The van der Waals surface area contributed by atoms with Gasteiger partial charge in [-0.05, 0) is 31.0 Å². The van der Waals surface area contributed by atoms with E-state index in [1.165, 1.54) is 26.2 Å². The van der Waals surface area contributed by atoms with Crippen LogP contribution < -0.4 is 10.1 Å². The summed E-state index contributed by atoms with van der Waals surface area (Å²) < 4.78 is 10.1. The van der Waals surface area contributed by atoms with E-state index in [4.69, 9.17) is 9.47 Å². The van der Waals surface area contributed by atoms with Crippen molar-refractivity contribution in [2.24, 2.45) is 0 Å². The molecule has 2 aromatic carbocycles. The number of benzene rings is 2. The molecule has 2 aromatic rings. The summed E-state index contributed by atoms with van der Waals surface area (Å²) >= 11 is 0. The summed E-state index contributed by atoms with van der Waals surface area (Å²) in [4.78, 5) is 35.0. The fourth-order valence-corrected chi connectivity index (χ4v) is 2.83. The third-order valence-electron chi connectivity index (χ3n) is 4.55.